The van der Waals surface area contributed by atoms with E-state index < -0.39 is 0 Å². The van der Waals surface area contributed by atoms with Gasteiger partial charge in [0.15, 0.2) is 0 Å². The van der Waals surface area contributed by atoms with E-state index in [1.54, 1.807) is 0 Å². The molecule has 0 unspecified atom stereocenters. The van der Waals surface area contributed by atoms with E-state index in [-0.39, 0.29) is 5.91 Å². The van der Waals surface area contributed by atoms with E-state index in [1.807, 2.05) is 19.9 Å². The van der Waals surface area contributed by atoms with Gasteiger partial charge >= 0.3 is 0 Å². The maximum atomic E-state index is 11.6. The van der Waals surface area contributed by atoms with Gasteiger partial charge in [-0.15, -0.1) is 0 Å². The van der Waals surface area contributed by atoms with Crippen molar-refractivity contribution in [2.24, 2.45) is 4.99 Å². The summed E-state index contributed by atoms with van der Waals surface area (Å²) in [4.78, 5) is 16.1. The van der Waals surface area contributed by atoms with Crippen LogP contribution in [-0.2, 0) is 4.79 Å². The quantitative estimate of drug-likeness (QED) is 0.776. The summed E-state index contributed by atoms with van der Waals surface area (Å²) in [5.41, 5.74) is 4.88. The third-order valence-corrected chi connectivity index (χ3v) is 3.22. The molecule has 0 saturated carbocycles. The van der Waals surface area contributed by atoms with Crippen molar-refractivity contribution in [3.63, 3.8) is 0 Å². The first-order chi connectivity index (χ1) is 8.15. The van der Waals surface area contributed by atoms with E-state index in [1.165, 1.54) is 11.7 Å². The van der Waals surface area contributed by atoms with Gasteiger partial charge in [0.1, 0.15) is 16.7 Å². The van der Waals surface area contributed by atoms with Crippen LogP contribution in [-0.4, -0.2) is 20.4 Å². The maximum Gasteiger partial charge on any atom is 0.230 e. The minimum atomic E-state index is -0.0352. The number of aromatic nitrogens is 2. The topological polar surface area (TPSA) is 67.2 Å². The highest BCUT2D eigenvalue weighted by molar-refractivity contribution is 7.00. The monoisotopic (exact) mass is 246 g/mol. The van der Waals surface area contributed by atoms with Crippen molar-refractivity contribution in [2.75, 3.05) is 5.32 Å². The van der Waals surface area contributed by atoms with Crippen molar-refractivity contribution in [1.82, 2.24) is 8.75 Å². The van der Waals surface area contributed by atoms with Gasteiger partial charge in [-0.3, -0.25) is 9.79 Å². The number of anilines is 1. The van der Waals surface area contributed by atoms with Crippen LogP contribution in [0.3, 0.4) is 0 Å². The van der Waals surface area contributed by atoms with Crippen molar-refractivity contribution in [3.05, 3.63) is 11.6 Å². The molecule has 17 heavy (non-hydrogen) atoms. The summed E-state index contributed by atoms with van der Waals surface area (Å²) in [5, 5.41) is 2.86. The van der Waals surface area contributed by atoms with E-state index in [0.717, 1.165) is 33.7 Å². The molecule has 3 rings (SSSR count). The number of carbonyl (C=O) groups is 1. The molecule has 0 fully saturated rings. The fraction of sp³-hybridized carbons (Fsp3) is 0.273. The third kappa shape index (κ3) is 1.61. The molecule has 6 heteroatoms. The number of nitrogens with zero attached hydrogens (tertiary/aromatic N) is 3. The van der Waals surface area contributed by atoms with Gasteiger partial charge in [0.25, 0.3) is 0 Å². The summed E-state index contributed by atoms with van der Waals surface area (Å²) in [6, 6.07) is 1.90. The van der Waals surface area contributed by atoms with Crippen molar-refractivity contribution in [2.45, 2.75) is 20.3 Å². The summed E-state index contributed by atoms with van der Waals surface area (Å²) >= 11 is 1.17. The van der Waals surface area contributed by atoms with Crippen LogP contribution in [0.1, 0.15) is 18.9 Å². The Morgan fingerprint density at radius 3 is 2.88 bits per heavy atom. The Hall–Kier alpha value is -1.82. The van der Waals surface area contributed by atoms with Gasteiger partial charge in [0.05, 0.1) is 23.8 Å². The molecule has 0 radical (unpaired) electrons. The second kappa shape index (κ2) is 3.59. The molecule has 1 aliphatic rings. The third-order valence-electron chi connectivity index (χ3n) is 2.70. The Morgan fingerprint density at radius 1 is 1.29 bits per heavy atom. The molecule has 2 aromatic rings. The van der Waals surface area contributed by atoms with Crippen LogP contribution in [0.25, 0.3) is 11.0 Å². The predicted octanol–water partition coefficient (Wildman–Crippen LogP) is 2.43. The molecular formula is C11H10N4OS. The van der Waals surface area contributed by atoms with Gasteiger partial charge in [0, 0.05) is 5.71 Å². The molecule has 0 atom stereocenters. The van der Waals surface area contributed by atoms with Crippen LogP contribution in [0.2, 0.25) is 0 Å². The Labute approximate surface area is 102 Å². The van der Waals surface area contributed by atoms with Gasteiger partial charge in [-0.05, 0) is 25.5 Å². The van der Waals surface area contributed by atoms with Crippen molar-refractivity contribution >= 4 is 45.8 Å². The minimum Gasteiger partial charge on any atom is -0.324 e. The number of rotatable bonds is 0. The minimum absolute atomic E-state index is 0.0352. The summed E-state index contributed by atoms with van der Waals surface area (Å²) in [7, 11) is 0. The lowest BCUT2D eigenvalue weighted by atomic mass is 10.1. The summed E-state index contributed by atoms with van der Waals surface area (Å²) < 4.78 is 8.52. The lowest BCUT2D eigenvalue weighted by Crippen LogP contribution is -2.12. The largest absolute Gasteiger partial charge is 0.324 e. The lowest BCUT2D eigenvalue weighted by Gasteiger charge is -2.06. The summed E-state index contributed by atoms with van der Waals surface area (Å²) in [5.74, 6) is -0.0352. The van der Waals surface area contributed by atoms with Crippen LogP contribution in [0, 0.1) is 6.92 Å². The molecule has 0 saturated heterocycles. The first-order valence-electron chi connectivity index (χ1n) is 5.25. The van der Waals surface area contributed by atoms with Crippen LogP contribution >= 0.6 is 11.7 Å². The summed E-state index contributed by atoms with van der Waals surface area (Å²) in [6.07, 6.45) is 0.326. The van der Waals surface area contributed by atoms with Crippen molar-refractivity contribution in [1.29, 1.82) is 0 Å². The number of benzene rings is 1. The average Bonchev–Trinajstić information content (AvgIpc) is 2.67. The van der Waals surface area contributed by atoms with E-state index in [4.69, 9.17) is 0 Å². The predicted molar refractivity (Wildman–Crippen MR) is 68.2 cm³/mol. The SMILES string of the molecule is CC1=Nc2c(cc(C)c3nsnc23)NC(=O)C1. The number of nitrogens with one attached hydrogen (secondary N) is 1. The van der Waals surface area contributed by atoms with Crippen LogP contribution in [0.4, 0.5) is 11.4 Å². The highest BCUT2D eigenvalue weighted by atomic mass is 32.1. The highest BCUT2D eigenvalue weighted by Crippen LogP contribution is 2.36. The number of fused-ring (bicyclic) bond motifs is 3. The molecule has 1 aromatic heterocycles. The molecule has 1 aromatic carbocycles. The van der Waals surface area contributed by atoms with E-state index in [0.29, 0.717) is 6.42 Å². The molecule has 0 aliphatic carbocycles. The van der Waals surface area contributed by atoms with Crippen LogP contribution in [0.5, 0.6) is 0 Å². The van der Waals surface area contributed by atoms with Gasteiger partial charge < -0.3 is 5.32 Å². The van der Waals surface area contributed by atoms with Gasteiger partial charge in [0.2, 0.25) is 5.91 Å². The van der Waals surface area contributed by atoms with Crippen molar-refractivity contribution in [3.8, 4) is 0 Å². The van der Waals surface area contributed by atoms with E-state index in [2.05, 4.69) is 19.1 Å². The Balaban J connectivity index is 2.38. The number of aryl methyl sites for hydroxylation is 1. The zero-order valence-corrected chi connectivity index (χ0v) is 10.3. The maximum absolute atomic E-state index is 11.6. The highest BCUT2D eigenvalue weighted by Gasteiger charge is 2.18. The Kier molecular flexibility index (Phi) is 2.19. The Bertz CT molecular complexity index is 659. The zero-order chi connectivity index (χ0) is 12.0. The number of hydrogen-bond donors (Lipinski definition) is 1. The fourth-order valence-corrected chi connectivity index (χ4v) is 2.56. The van der Waals surface area contributed by atoms with E-state index in [9.17, 15) is 4.79 Å². The van der Waals surface area contributed by atoms with Gasteiger partial charge in [-0.1, -0.05) is 0 Å². The second-order valence-electron chi connectivity index (χ2n) is 4.12. The molecule has 0 bridgehead atoms. The fourth-order valence-electron chi connectivity index (χ4n) is 1.95. The van der Waals surface area contributed by atoms with E-state index >= 15 is 0 Å². The van der Waals surface area contributed by atoms with Crippen LogP contribution < -0.4 is 5.32 Å². The standard InChI is InChI=1S/C11H10N4OS/c1-5-3-7-10(11-9(5)14-17-15-11)12-6(2)4-8(16)13-7/h3H,4H2,1-2H3,(H,13,16). The average molecular weight is 246 g/mol. The lowest BCUT2D eigenvalue weighted by molar-refractivity contribution is -0.115. The number of carbonyl (C=O) groups excluding carboxylic acids is 1. The number of hydrogen-bond acceptors (Lipinski definition) is 5. The molecule has 5 nitrogen and oxygen atoms in total. The smallest absolute Gasteiger partial charge is 0.230 e. The number of aliphatic imine (C=N–C) groups is 1. The van der Waals surface area contributed by atoms with Gasteiger partial charge in [-0.2, -0.15) is 8.75 Å². The Morgan fingerprint density at radius 2 is 2.06 bits per heavy atom. The summed E-state index contributed by atoms with van der Waals surface area (Å²) in [6.45, 7) is 3.80. The van der Waals surface area contributed by atoms with Crippen molar-refractivity contribution < 1.29 is 4.79 Å². The van der Waals surface area contributed by atoms with Gasteiger partial charge in [-0.25, -0.2) is 0 Å². The normalized spacial score (nSPS) is 15.2. The molecule has 86 valence electrons. The molecule has 1 aliphatic heterocycles. The zero-order valence-electron chi connectivity index (χ0n) is 9.44. The van der Waals surface area contributed by atoms with Crippen LogP contribution in [0.15, 0.2) is 11.1 Å². The molecular weight excluding hydrogens is 236 g/mol. The number of amides is 1. The molecule has 1 amide bonds. The first kappa shape index (κ1) is 10.3. The first-order valence-corrected chi connectivity index (χ1v) is 5.98. The molecule has 2 heterocycles. The molecule has 0 spiro atoms. The second-order valence-corrected chi connectivity index (χ2v) is 4.65. The molecule has 1 N–H and O–H groups in total.